The maximum absolute atomic E-state index is 13.4. The van der Waals surface area contributed by atoms with Gasteiger partial charge >= 0.3 is 0 Å². The molecule has 2 aromatic heterocycles. The molecule has 0 radical (unpaired) electrons. The topological polar surface area (TPSA) is 138 Å². The molecule has 2 saturated carbocycles. The van der Waals surface area contributed by atoms with Crippen molar-refractivity contribution in [3.8, 4) is 0 Å². The van der Waals surface area contributed by atoms with E-state index in [4.69, 9.17) is 21.9 Å². The summed E-state index contributed by atoms with van der Waals surface area (Å²) in [5.41, 5.74) is 18.8. The second-order valence-corrected chi connectivity index (χ2v) is 23.4. The molecule has 6 rings (SSSR count). The summed E-state index contributed by atoms with van der Waals surface area (Å²) in [6.07, 6.45) is 19.6. The van der Waals surface area contributed by atoms with Crippen molar-refractivity contribution in [2.45, 2.75) is 189 Å². The van der Waals surface area contributed by atoms with E-state index < -0.39 is 5.54 Å². The number of ether oxygens (including phenoxy) is 1. The number of aromatic nitrogens is 4. The fraction of sp³-hybridized carbons (Fsp3) is 0.844. The number of imidazole rings is 2. The summed E-state index contributed by atoms with van der Waals surface area (Å²) in [6, 6.07) is 0.279. The number of hydrogen-bond acceptors (Lipinski definition) is 6. The van der Waals surface area contributed by atoms with Crippen LogP contribution in [0, 0.1) is 37.9 Å². The molecule has 2 aliphatic heterocycles. The minimum atomic E-state index is -0.419. The lowest BCUT2D eigenvalue weighted by Gasteiger charge is -2.52. The Hall–Kier alpha value is -2.27. The quantitative estimate of drug-likeness (QED) is 0.114. The molecule has 310 valence electrons. The van der Waals surface area contributed by atoms with E-state index in [-0.39, 0.29) is 73.4 Å². The second kappa shape index (κ2) is 12.9. The van der Waals surface area contributed by atoms with Gasteiger partial charge in [-0.3, -0.25) is 4.79 Å². The predicted octanol–water partition coefficient (Wildman–Crippen LogP) is 7.28. The number of epoxide rings is 1. The van der Waals surface area contributed by atoms with Crippen molar-refractivity contribution in [2.75, 3.05) is 6.54 Å². The summed E-state index contributed by atoms with van der Waals surface area (Å²) in [6.45, 7) is 34.1. The third-order valence-electron chi connectivity index (χ3n) is 17.2. The first-order valence-electron chi connectivity index (χ1n) is 21.2. The normalized spacial score (nSPS) is 32.9. The summed E-state index contributed by atoms with van der Waals surface area (Å²) in [5.74, 6) is 0.295. The molecule has 4 heterocycles. The average Bonchev–Trinajstić information content (AvgIpc) is 3.77. The zero-order valence-corrected chi connectivity index (χ0v) is 37.4. The zero-order valence-electron chi connectivity index (χ0n) is 37.4. The van der Waals surface area contributed by atoms with Crippen LogP contribution in [-0.2, 0) is 16.6 Å². The van der Waals surface area contributed by atoms with Gasteiger partial charge < -0.3 is 31.4 Å². The Bertz CT molecular complexity index is 1730. The van der Waals surface area contributed by atoms with Crippen LogP contribution in [0.4, 0.5) is 0 Å². The van der Waals surface area contributed by atoms with E-state index in [1.807, 2.05) is 12.5 Å². The van der Waals surface area contributed by atoms with Crippen molar-refractivity contribution in [3.63, 3.8) is 0 Å². The van der Waals surface area contributed by atoms with Crippen molar-refractivity contribution < 1.29 is 14.1 Å². The molecule has 55 heavy (non-hydrogen) atoms. The molecule has 0 bridgehead atoms. The van der Waals surface area contributed by atoms with E-state index >= 15 is 0 Å². The summed E-state index contributed by atoms with van der Waals surface area (Å²) in [4.78, 5) is 20.3. The minimum Gasteiger partial charge on any atom is -0.353 e. The monoisotopic (exact) mass is 764 g/mol. The molecule has 8 unspecified atom stereocenters. The number of carbonyl (C=O) groups excluding carboxylic acids is 1. The fourth-order valence-electron chi connectivity index (χ4n) is 12.3. The molecule has 0 spiro atoms. The predicted molar refractivity (Wildman–Crippen MR) is 220 cm³/mol. The number of hydrogen-bond donors (Lipinski definition) is 3. The highest BCUT2D eigenvalue weighted by Gasteiger charge is 2.81. The number of likely N-dealkylation sites (tertiary alicyclic amines) is 1. The highest BCUT2D eigenvalue weighted by molar-refractivity contribution is 5.80. The molecule has 2 aliphatic carbocycles. The average molecular weight is 764 g/mol. The number of carbonyl (C=O) groups is 1. The van der Waals surface area contributed by atoms with Crippen LogP contribution < -0.4 is 21.8 Å². The minimum absolute atomic E-state index is 0.0265. The molecule has 6 N–H and O–H groups in total. The molecule has 2 saturated heterocycles. The molecule has 2 aromatic rings. The van der Waals surface area contributed by atoms with E-state index in [0.717, 1.165) is 51.5 Å². The number of rotatable bonds is 17. The van der Waals surface area contributed by atoms with Crippen LogP contribution in [0.1, 0.15) is 160 Å². The lowest BCUT2D eigenvalue weighted by Crippen LogP contribution is -2.52. The highest BCUT2D eigenvalue weighted by atomic mass is 16.6. The maximum atomic E-state index is 13.4. The number of aryl methyl sites for hydroxylation is 1. The van der Waals surface area contributed by atoms with E-state index in [2.05, 4.69) is 152 Å². The smallest absolute Gasteiger partial charge is 0.243 e. The molecule has 0 aromatic carbocycles. The van der Waals surface area contributed by atoms with Crippen molar-refractivity contribution in [2.24, 2.45) is 62.2 Å². The zero-order chi connectivity index (χ0) is 41.2. The number of nitrogens with two attached hydrogens (primary N) is 3. The van der Waals surface area contributed by atoms with Gasteiger partial charge in [-0.1, -0.05) is 69.2 Å². The molecule has 4 aliphatic rings. The lowest BCUT2D eigenvalue weighted by molar-refractivity contribution is -0.671. The van der Waals surface area contributed by atoms with Crippen molar-refractivity contribution in [3.05, 3.63) is 37.4 Å². The van der Waals surface area contributed by atoms with Crippen LogP contribution in [0.2, 0.25) is 0 Å². The molecule has 10 nitrogen and oxygen atoms in total. The van der Waals surface area contributed by atoms with Crippen LogP contribution in [0.5, 0.6) is 0 Å². The van der Waals surface area contributed by atoms with Crippen LogP contribution in [0.15, 0.2) is 37.4 Å². The summed E-state index contributed by atoms with van der Waals surface area (Å²) in [5, 5.41) is 0. The number of amides is 1. The van der Waals surface area contributed by atoms with Crippen LogP contribution in [0.3, 0.4) is 0 Å². The Morgan fingerprint density at radius 1 is 0.891 bits per heavy atom. The first-order valence-corrected chi connectivity index (χ1v) is 21.2. The Morgan fingerprint density at radius 3 is 2.00 bits per heavy atom. The summed E-state index contributed by atoms with van der Waals surface area (Å²) >= 11 is 0. The maximum Gasteiger partial charge on any atom is 0.243 e. The van der Waals surface area contributed by atoms with E-state index in [0.29, 0.717) is 12.3 Å². The molecular weight excluding hydrogens is 685 g/mol. The van der Waals surface area contributed by atoms with E-state index in [1.54, 1.807) is 0 Å². The molecular formula is C45H79N8O2+. The van der Waals surface area contributed by atoms with Crippen LogP contribution in [0.25, 0.3) is 0 Å². The fourth-order valence-corrected chi connectivity index (χ4v) is 12.3. The van der Waals surface area contributed by atoms with Crippen LogP contribution in [-0.4, -0.2) is 60.4 Å². The second-order valence-electron chi connectivity index (χ2n) is 23.4. The van der Waals surface area contributed by atoms with Crippen molar-refractivity contribution in [1.82, 2.24) is 19.0 Å². The van der Waals surface area contributed by atoms with Gasteiger partial charge in [0.25, 0.3) is 0 Å². The standard InChI is InChI=1S/C45H79N8O2/c1-36(2,24-32(41(11,12)48)52-22-21-50(15)30-52)40(9,10)31(51-20-18-49-29-51)23-37(3,4)42(13)27-44(42,34-35(46)55-34)25-38(5,6)43(14)28-45(43,26-39(7,8)47)53-19-16-17-33(53)54/h18,20-22,29-32,34-35H,16-17,19,23-28,46-48H2,1-15H3/q+1. The van der Waals surface area contributed by atoms with E-state index in [1.165, 1.54) is 0 Å². The molecule has 8 atom stereocenters. The van der Waals surface area contributed by atoms with Gasteiger partial charge in [0.1, 0.15) is 30.8 Å². The van der Waals surface area contributed by atoms with Gasteiger partial charge in [0, 0.05) is 42.4 Å². The Balaban J connectivity index is 1.32. The summed E-state index contributed by atoms with van der Waals surface area (Å²) < 4.78 is 13.1. The van der Waals surface area contributed by atoms with Gasteiger partial charge in [-0.25, -0.2) is 14.1 Å². The Morgan fingerprint density at radius 2 is 1.53 bits per heavy atom. The molecule has 4 fully saturated rings. The van der Waals surface area contributed by atoms with Crippen LogP contribution >= 0.6 is 0 Å². The van der Waals surface area contributed by atoms with Gasteiger partial charge in [0.05, 0.1) is 24.5 Å². The van der Waals surface area contributed by atoms with Gasteiger partial charge in [0.2, 0.25) is 12.2 Å². The molecule has 10 heteroatoms. The lowest BCUT2D eigenvalue weighted by atomic mass is 9.55. The van der Waals surface area contributed by atoms with Gasteiger partial charge in [-0.15, -0.1) is 0 Å². The van der Waals surface area contributed by atoms with Crippen molar-refractivity contribution >= 4 is 5.91 Å². The third kappa shape index (κ3) is 6.84. The Labute approximate surface area is 333 Å². The first-order chi connectivity index (χ1) is 24.9. The highest BCUT2D eigenvalue weighted by Crippen LogP contribution is 2.83. The first kappa shape index (κ1) is 42.3. The third-order valence-corrected chi connectivity index (χ3v) is 17.2. The summed E-state index contributed by atoms with van der Waals surface area (Å²) in [7, 11) is 2.07. The molecule has 1 amide bonds. The largest absolute Gasteiger partial charge is 0.353 e. The van der Waals surface area contributed by atoms with Crippen molar-refractivity contribution in [1.29, 1.82) is 0 Å². The number of nitrogens with zero attached hydrogens (tertiary/aromatic N) is 5. The van der Waals surface area contributed by atoms with Gasteiger partial charge in [-0.05, 0) is 105 Å². The van der Waals surface area contributed by atoms with E-state index in [9.17, 15) is 4.79 Å². The Kier molecular flexibility index (Phi) is 9.90. The van der Waals surface area contributed by atoms with Gasteiger partial charge in [-0.2, -0.15) is 0 Å². The SMILES string of the molecule is C[n+]1ccn(C(CC(C)(C)C(C)(C)C(CC(C)(C)C2(C)CC2(CC(C)(C)C2(C)CC2(CC(C)(C)N)N2CCCC2=O)C2OC2N)n2ccnc2)C(C)(C)N)c1. The van der Waals surface area contributed by atoms with Gasteiger partial charge in [0.15, 0.2) is 0 Å².